The van der Waals surface area contributed by atoms with Gasteiger partial charge in [-0.25, -0.2) is 4.79 Å². The summed E-state index contributed by atoms with van der Waals surface area (Å²) in [5, 5.41) is 2.69. The minimum Gasteiger partial charge on any atom is -0.445 e. The summed E-state index contributed by atoms with van der Waals surface area (Å²) in [7, 11) is 0. The van der Waals surface area contributed by atoms with Crippen LogP contribution in [0.4, 0.5) is 4.79 Å². The summed E-state index contributed by atoms with van der Waals surface area (Å²) < 4.78 is 5.35. The van der Waals surface area contributed by atoms with Crippen molar-refractivity contribution in [1.82, 2.24) is 5.32 Å². The fraction of sp³-hybridized carbons (Fsp3) is 0.300. The van der Waals surface area contributed by atoms with Crippen molar-refractivity contribution >= 4 is 6.09 Å². The molecule has 0 unspecified atom stereocenters. The lowest BCUT2D eigenvalue weighted by Crippen LogP contribution is -2.21. The third-order valence-electron chi connectivity index (χ3n) is 4.23. The Morgan fingerprint density at radius 1 is 1.17 bits per heavy atom. The molecule has 3 heteroatoms. The van der Waals surface area contributed by atoms with Gasteiger partial charge in [0, 0.05) is 0 Å². The van der Waals surface area contributed by atoms with Gasteiger partial charge in [0.25, 0.3) is 0 Å². The van der Waals surface area contributed by atoms with E-state index in [1.807, 2.05) is 12.1 Å². The number of hydrogen-bond acceptors (Lipinski definition) is 2. The van der Waals surface area contributed by atoms with E-state index in [0.29, 0.717) is 6.61 Å². The van der Waals surface area contributed by atoms with Gasteiger partial charge in [0.1, 0.15) is 6.61 Å². The van der Waals surface area contributed by atoms with E-state index in [2.05, 4.69) is 42.6 Å². The Hall–Kier alpha value is -2.29. The third-order valence-corrected chi connectivity index (χ3v) is 4.23. The zero-order valence-corrected chi connectivity index (χ0v) is 13.5. The summed E-state index contributed by atoms with van der Waals surface area (Å²) in [5.41, 5.74) is 6.25. The molecular weight excluding hydrogens is 286 g/mol. The number of carbonyl (C=O) groups excluding carboxylic acids is 1. The van der Waals surface area contributed by atoms with Crippen LogP contribution in [0.3, 0.4) is 0 Å². The molecule has 0 heterocycles. The molecule has 119 valence electrons. The Morgan fingerprint density at radius 3 is 2.87 bits per heavy atom. The number of alkyl carbamates (subject to hydrolysis) is 1. The quantitative estimate of drug-likeness (QED) is 0.662. The highest BCUT2D eigenvalue weighted by molar-refractivity contribution is 5.78. The van der Waals surface area contributed by atoms with Gasteiger partial charge in [0.05, 0.1) is 6.54 Å². The first-order valence-corrected chi connectivity index (χ1v) is 8.23. The van der Waals surface area contributed by atoms with Crippen molar-refractivity contribution in [2.75, 3.05) is 0 Å². The summed E-state index contributed by atoms with van der Waals surface area (Å²) >= 11 is 0. The highest BCUT2D eigenvalue weighted by atomic mass is 16.5. The van der Waals surface area contributed by atoms with Gasteiger partial charge in [-0.3, -0.25) is 0 Å². The van der Waals surface area contributed by atoms with Gasteiger partial charge >= 0.3 is 6.09 Å². The van der Waals surface area contributed by atoms with E-state index < -0.39 is 0 Å². The molecule has 0 fully saturated rings. The molecular formula is C20H22NO2. The van der Waals surface area contributed by atoms with Gasteiger partial charge in [0.2, 0.25) is 0 Å². The predicted molar refractivity (Wildman–Crippen MR) is 91.8 cm³/mol. The Kier molecular flexibility index (Phi) is 4.96. The van der Waals surface area contributed by atoms with Crippen LogP contribution in [0.15, 0.2) is 42.5 Å². The largest absolute Gasteiger partial charge is 0.445 e. The molecule has 1 radical (unpaired) electrons. The standard InChI is InChI=1S/C20H22NO2/c1-2-3-6-12-21-20(22)23-14-16-9-7-11-18-17-10-5-4-8-15(17)13-19(16)18/h4-5,7-12H,2-3,6,13-14H2,1H3,(H,21,22). The number of unbranched alkanes of at least 4 members (excludes halogenated alkanes) is 2. The molecule has 1 aliphatic carbocycles. The Labute approximate surface area is 137 Å². The number of carbonyl (C=O) groups is 1. The molecule has 2 aromatic rings. The number of fused-ring (bicyclic) bond motifs is 3. The zero-order valence-electron chi connectivity index (χ0n) is 13.5. The molecule has 2 aromatic carbocycles. The van der Waals surface area contributed by atoms with Gasteiger partial charge in [-0.2, -0.15) is 0 Å². The fourth-order valence-electron chi connectivity index (χ4n) is 3.01. The van der Waals surface area contributed by atoms with Crippen LogP contribution in [-0.4, -0.2) is 6.09 Å². The van der Waals surface area contributed by atoms with Gasteiger partial charge in [-0.05, 0) is 40.7 Å². The van der Waals surface area contributed by atoms with E-state index in [1.54, 1.807) is 6.54 Å². The number of hydrogen-bond donors (Lipinski definition) is 1. The Morgan fingerprint density at radius 2 is 2.00 bits per heavy atom. The molecule has 0 aliphatic heterocycles. The minimum absolute atomic E-state index is 0.310. The normalized spacial score (nSPS) is 11.7. The molecule has 0 saturated heterocycles. The molecule has 23 heavy (non-hydrogen) atoms. The lowest BCUT2D eigenvalue weighted by molar-refractivity contribution is 0.141. The number of ether oxygens (including phenoxy) is 1. The second-order valence-corrected chi connectivity index (χ2v) is 5.84. The van der Waals surface area contributed by atoms with Gasteiger partial charge < -0.3 is 10.1 Å². The van der Waals surface area contributed by atoms with Crippen molar-refractivity contribution in [2.45, 2.75) is 39.2 Å². The first-order valence-electron chi connectivity index (χ1n) is 8.23. The molecule has 3 nitrogen and oxygen atoms in total. The van der Waals surface area contributed by atoms with Crippen LogP contribution < -0.4 is 5.32 Å². The van der Waals surface area contributed by atoms with Crippen molar-refractivity contribution in [2.24, 2.45) is 0 Å². The lowest BCUT2D eigenvalue weighted by Gasteiger charge is -2.10. The third kappa shape index (κ3) is 3.55. The van der Waals surface area contributed by atoms with E-state index in [0.717, 1.165) is 31.2 Å². The van der Waals surface area contributed by atoms with E-state index in [1.165, 1.54) is 22.3 Å². The van der Waals surface area contributed by atoms with Gasteiger partial charge in [-0.1, -0.05) is 62.2 Å². The molecule has 3 rings (SSSR count). The fourth-order valence-corrected chi connectivity index (χ4v) is 3.01. The molecule has 0 spiro atoms. The number of benzene rings is 2. The van der Waals surface area contributed by atoms with Gasteiger partial charge in [-0.15, -0.1) is 0 Å². The van der Waals surface area contributed by atoms with Gasteiger partial charge in [0.15, 0.2) is 0 Å². The van der Waals surface area contributed by atoms with Crippen molar-refractivity contribution in [3.8, 4) is 11.1 Å². The maximum Gasteiger partial charge on any atom is 0.407 e. The minimum atomic E-state index is -0.380. The smallest absolute Gasteiger partial charge is 0.407 e. The molecule has 0 atom stereocenters. The number of rotatable bonds is 6. The molecule has 0 bridgehead atoms. The van der Waals surface area contributed by atoms with Crippen molar-refractivity contribution < 1.29 is 9.53 Å². The van der Waals surface area contributed by atoms with E-state index >= 15 is 0 Å². The average molecular weight is 308 g/mol. The summed E-state index contributed by atoms with van der Waals surface area (Å²) in [4.78, 5) is 11.7. The Bertz CT molecular complexity index is 694. The van der Waals surface area contributed by atoms with Crippen LogP contribution in [0.2, 0.25) is 0 Å². The topological polar surface area (TPSA) is 38.3 Å². The maximum atomic E-state index is 11.7. The summed E-state index contributed by atoms with van der Waals surface area (Å²) in [6.45, 7) is 4.21. The number of amides is 1. The molecule has 0 aromatic heterocycles. The predicted octanol–water partition coefficient (Wildman–Crippen LogP) is 4.84. The average Bonchev–Trinajstić information content (AvgIpc) is 2.96. The van der Waals surface area contributed by atoms with E-state index in [-0.39, 0.29) is 6.09 Å². The molecule has 1 N–H and O–H groups in total. The van der Waals surface area contributed by atoms with Crippen LogP contribution in [-0.2, 0) is 17.8 Å². The van der Waals surface area contributed by atoms with Crippen LogP contribution in [0.5, 0.6) is 0 Å². The van der Waals surface area contributed by atoms with E-state index in [4.69, 9.17) is 4.74 Å². The molecule has 0 saturated carbocycles. The summed E-state index contributed by atoms with van der Waals surface area (Å²) in [5.74, 6) is 0. The molecule has 1 amide bonds. The monoisotopic (exact) mass is 308 g/mol. The second-order valence-electron chi connectivity index (χ2n) is 5.84. The highest BCUT2D eigenvalue weighted by Crippen LogP contribution is 2.38. The van der Waals surface area contributed by atoms with Crippen LogP contribution in [0.1, 0.15) is 42.9 Å². The van der Waals surface area contributed by atoms with Crippen molar-refractivity contribution in [3.05, 3.63) is 65.7 Å². The van der Waals surface area contributed by atoms with Crippen LogP contribution >= 0.6 is 0 Å². The first kappa shape index (κ1) is 15.6. The lowest BCUT2D eigenvalue weighted by atomic mass is 10.0. The second kappa shape index (κ2) is 7.32. The van der Waals surface area contributed by atoms with Crippen molar-refractivity contribution in [1.29, 1.82) is 0 Å². The summed E-state index contributed by atoms with van der Waals surface area (Å²) in [6, 6.07) is 14.7. The Balaban J connectivity index is 1.61. The SMILES string of the molecule is CCCC[CH]NC(=O)OCc1cccc2c1Cc1ccccc1-2. The van der Waals surface area contributed by atoms with Crippen LogP contribution in [0, 0.1) is 6.54 Å². The zero-order chi connectivity index (χ0) is 16.1. The van der Waals surface area contributed by atoms with Crippen molar-refractivity contribution in [3.63, 3.8) is 0 Å². The summed E-state index contributed by atoms with van der Waals surface area (Å²) in [6.07, 6.45) is 3.60. The molecule has 1 aliphatic rings. The first-order chi connectivity index (χ1) is 11.3. The van der Waals surface area contributed by atoms with E-state index in [9.17, 15) is 4.79 Å². The maximum absolute atomic E-state index is 11.7. The van der Waals surface area contributed by atoms with Crippen LogP contribution in [0.25, 0.3) is 11.1 Å². The number of nitrogens with one attached hydrogen (secondary N) is 1. The highest BCUT2D eigenvalue weighted by Gasteiger charge is 2.20.